The van der Waals surface area contributed by atoms with E-state index < -0.39 is 17.4 Å². The van der Waals surface area contributed by atoms with Crippen molar-refractivity contribution < 1.29 is 14.3 Å². The van der Waals surface area contributed by atoms with Crippen LogP contribution in [0.2, 0.25) is 0 Å². The van der Waals surface area contributed by atoms with Crippen LogP contribution in [0.25, 0.3) is 0 Å². The lowest BCUT2D eigenvalue weighted by Crippen LogP contribution is -2.22. The molecule has 0 spiro atoms. The van der Waals surface area contributed by atoms with Crippen molar-refractivity contribution in [3.8, 4) is 0 Å². The quantitative estimate of drug-likeness (QED) is 0.847. The molecule has 2 aromatic heterocycles. The van der Waals surface area contributed by atoms with E-state index in [1.165, 1.54) is 23.6 Å². The first-order valence-corrected chi connectivity index (χ1v) is 7.11. The Morgan fingerprint density at radius 3 is 2.81 bits per heavy atom. The van der Waals surface area contributed by atoms with Crippen LogP contribution in [0.4, 0.5) is 5.00 Å². The van der Waals surface area contributed by atoms with Crippen LogP contribution in [0.15, 0.2) is 29.2 Å². The van der Waals surface area contributed by atoms with E-state index in [9.17, 15) is 14.4 Å². The summed E-state index contributed by atoms with van der Waals surface area (Å²) in [5, 5.41) is 2.96. The first kappa shape index (κ1) is 15.0. The summed E-state index contributed by atoms with van der Waals surface area (Å²) < 4.78 is 4.94. The summed E-state index contributed by atoms with van der Waals surface area (Å²) in [6.45, 7) is 3.77. The van der Waals surface area contributed by atoms with Crippen LogP contribution >= 0.6 is 11.3 Å². The molecule has 0 aromatic carbocycles. The van der Waals surface area contributed by atoms with Crippen molar-refractivity contribution in [1.82, 2.24) is 4.98 Å². The molecule has 0 unspecified atom stereocenters. The largest absolute Gasteiger partial charge is 0.462 e. The average Bonchev–Trinajstić information content (AvgIpc) is 2.80. The molecule has 1 amide bonds. The molecule has 0 fully saturated rings. The number of ether oxygens (including phenoxy) is 1. The van der Waals surface area contributed by atoms with Crippen LogP contribution in [0.1, 0.15) is 32.5 Å². The molecular weight excluding hydrogens is 292 g/mol. The molecule has 0 aliphatic heterocycles. The maximum atomic E-state index is 12.1. The number of anilines is 1. The van der Waals surface area contributed by atoms with E-state index in [2.05, 4.69) is 10.3 Å². The number of rotatable bonds is 4. The second-order valence-electron chi connectivity index (χ2n) is 4.19. The molecule has 0 aliphatic rings. The zero-order valence-electron chi connectivity index (χ0n) is 11.6. The third-order valence-corrected chi connectivity index (χ3v) is 3.61. The second kappa shape index (κ2) is 6.36. The van der Waals surface area contributed by atoms with E-state index in [0.717, 1.165) is 4.88 Å². The topological polar surface area (TPSA) is 88.3 Å². The summed E-state index contributed by atoms with van der Waals surface area (Å²) >= 11 is 1.25. The van der Waals surface area contributed by atoms with Gasteiger partial charge >= 0.3 is 5.97 Å². The summed E-state index contributed by atoms with van der Waals surface area (Å²) in [7, 11) is 0. The van der Waals surface area contributed by atoms with Gasteiger partial charge in [0.05, 0.1) is 12.2 Å². The van der Waals surface area contributed by atoms with Gasteiger partial charge in [-0.3, -0.25) is 9.59 Å². The molecule has 2 aromatic rings. The van der Waals surface area contributed by atoms with Crippen molar-refractivity contribution in [3.63, 3.8) is 0 Å². The third kappa shape index (κ3) is 3.38. The van der Waals surface area contributed by atoms with Crippen LogP contribution in [0, 0.1) is 6.92 Å². The van der Waals surface area contributed by atoms with Crippen LogP contribution in [-0.4, -0.2) is 23.5 Å². The molecule has 110 valence electrons. The first-order valence-electron chi connectivity index (χ1n) is 6.29. The highest BCUT2D eigenvalue weighted by atomic mass is 32.1. The van der Waals surface area contributed by atoms with Gasteiger partial charge in [0.15, 0.2) is 0 Å². The van der Waals surface area contributed by atoms with Crippen LogP contribution in [-0.2, 0) is 4.74 Å². The molecule has 0 bridgehead atoms. The minimum Gasteiger partial charge on any atom is -0.462 e. The predicted molar refractivity (Wildman–Crippen MR) is 80.0 cm³/mol. The fraction of sp³-hybridized carbons (Fsp3) is 0.214. The van der Waals surface area contributed by atoms with Gasteiger partial charge in [0.2, 0.25) is 0 Å². The van der Waals surface area contributed by atoms with Gasteiger partial charge in [0.1, 0.15) is 10.6 Å². The fourth-order valence-electron chi connectivity index (χ4n) is 1.74. The number of amides is 1. The number of hydrogen-bond acceptors (Lipinski definition) is 5. The number of nitrogens with one attached hydrogen (secondary N) is 2. The molecule has 2 rings (SSSR count). The lowest BCUT2D eigenvalue weighted by Gasteiger charge is -2.05. The van der Waals surface area contributed by atoms with Gasteiger partial charge in [0.25, 0.3) is 11.5 Å². The van der Waals surface area contributed by atoms with Crippen molar-refractivity contribution in [2.24, 2.45) is 0 Å². The van der Waals surface area contributed by atoms with E-state index in [0.29, 0.717) is 10.6 Å². The lowest BCUT2D eigenvalue weighted by molar-refractivity contribution is 0.0528. The fourth-order valence-corrected chi connectivity index (χ4v) is 2.63. The number of pyridine rings is 1. The van der Waals surface area contributed by atoms with Crippen LogP contribution in [0.5, 0.6) is 0 Å². The van der Waals surface area contributed by atoms with Gasteiger partial charge in [0, 0.05) is 11.1 Å². The van der Waals surface area contributed by atoms with Crippen LogP contribution in [0.3, 0.4) is 0 Å². The van der Waals surface area contributed by atoms with Crippen molar-refractivity contribution in [3.05, 3.63) is 50.8 Å². The van der Waals surface area contributed by atoms with E-state index >= 15 is 0 Å². The predicted octanol–water partition coefficient (Wildman–Crippen LogP) is 2.17. The van der Waals surface area contributed by atoms with E-state index in [1.807, 2.05) is 6.92 Å². The number of esters is 1. The molecule has 7 heteroatoms. The van der Waals surface area contributed by atoms with Crippen molar-refractivity contribution in [2.45, 2.75) is 13.8 Å². The summed E-state index contributed by atoms with van der Waals surface area (Å²) in [6, 6.07) is 4.62. The van der Waals surface area contributed by atoms with Crippen molar-refractivity contribution >= 4 is 28.2 Å². The Bertz CT molecular complexity index is 733. The molecule has 0 saturated carbocycles. The van der Waals surface area contributed by atoms with Gasteiger partial charge in [-0.2, -0.15) is 0 Å². The third-order valence-electron chi connectivity index (χ3n) is 2.64. The SMILES string of the molecule is CCOC(=O)c1cc(C)sc1NC(=O)c1ccc[nH]c1=O. The molecule has 0 saturated heterocycles. The number of H-pyrrole nitrogens is 1. The average molecular weight is 306 g/mol. The maximum absolute atomic E-state index is 12.1. The standard InChI is InChI=1S/C14H14N2O4S/c1-3-20-14(19)10-7-8(2)21-13(10)16-12(18)9-5-4-6-15-11(9)17/h4-7H,3H2,1-2H3,(H,15,17)(H,16,18). The van der Waals surface area contributed by atoms with Gasteiger partial charge in [-0.05, 0) is 32.0 Å². The Morgan fingerprint density at radius 2 is 2.14 bits per heavy atom. The summed E-state index contributed by atoms with van der Waals surface area (Å²) in [6.07, 6.45) is 1.44. The maximum Gasteiger partial charge on any atom is 0.341 e. The Kier molecular flexibility index (Phi) is 4.54. The number of carbonyl (C=O) groups excluding carboxylic acids is 2. The zero-order valence-corrected chi connectivity index (χ0v) is 12.4. The van der Waals surface area contributed by atoms with Gasteiger partial charge in [-0.25, -0.2) is 4.79 Å². The number of thiophene rings is 1. The normalized spacial score (nSPS) is 10.2. The molecular formula is C14H14N2O4S. The Morgan fingerprint density at radius 1 is 1.38 bits per heavy atom. The number of carbonyl (C=O) groups is 2. The summed E-state index contributed by atoms with van der Waals surface area (Å²) in [5.74, 6) is -1.07. The van der Waals surface area contributed by atoms with E-state index in [4.69, 9.17) is 4.74 Å². The van der Waals surface area contributed by atoms with Gasteiger partial charge in [-0.15, -0.1) is 11.3 Å². The number of hydrogen-bond donors (Lipinski definition) is 2. The second-order valence-corrected chi connectivity index (χ2v) is 5.44. The monoisotopic (exact) mass is 306 g/mol. The molecule has 0 aliphatic carbocycles. The zero-order chi connectivity index (χ0) is 15.4. The van der Waals surface area contributed by atoms with E-state index in [-0.39, 0.29) is 12.2 Å². The Hall–Kier alpha value is -2.41. The highest BCUT2D eigenvalue weighted by molar-refractivity contribution is 7.16. The van der Waals surface area contributed by atoms with Crippen LogP contribution < -0.4 is 10.9 Å². The van der Waals surface area contributed by atoms with Crippen molar-refractivity contribution in [2.75, 3.05) is 11.9 Å². The Labute approximate surface area is 124 Å². The molecule has 2 N–H and O–H groups in total. The molecule has 0 atom stereocenters. The highest BCUT2D eigenvalue weighted by Crippen LogP contribution is 2.28. The molecule has 6 nitrogen and oxygen atoms in total. The van der Waals surface area contributed by atoms with Gasteiger partial charge in [-0.1, -0.05) is 0 Å². The first-order chi connectivity index (χ1) is 10.0. The van der Waals surface area contributed by atoms with Crippen molar-refractivity contribution in [1.29, 1.82) is 0 Å². The number of aryl methyl sites for hydroxylation is 1. The van der Waals surface area contributed by atoms with Gasteiger partial charge < -0.3 is 15.0 Å². The molecule has 21 heavy (non-hydrogen) atoms. The minimum atomic E-state index is -0.566. The van der Waals surface area contributed by atoms with E-state index in [1.54, 1.807) is 19.1 Å². The molecule has 2 heterocycles. The number of aromatic amines is 1. The lowest BCUT2D eigenvalue weighted by atomic mass is 10.2. The highest BCUT2D eigenvalue weighted by Gasteiger charge is 2.19. The molecule has 0 radical (unpaired) electrons. The smallest absolute Gasteiger partial charge is 0.341 e. The Balaban J connectivity index is 2.28. The summed E-state index contributed by atoms with van der Waals surface area (Å²) in [4.78, 5) is 38.8. The minimum absolute atomic E-state index is 0.0154. The number of aromatic nitrogens is 1. The summed E-state index contributed by atoms with van der Waals surface area (Å²) in [5.41, 5.74) is -0.209.